The molecule has 0 radical (unpaired) electrons. The third kappa shape index (κ3) is 57.3. The predicted octanol–water partition coefficient (Wildman–Crippen LogP) is 19.3. The first-order valence-corrected chi connectivity index (χ1v) is 28.3. The minimum Gasteiger partial charge on any atom is -0.462 e. The third-order valence-electron chi connectivity index (χ3n) is 10.9. The van der Waals surface area contributed by atoms with Crippen molar-refractivity contribution in [3.63, 3.8) is 0 Å². The fourth-order valence-corrected chi connectivity index (χ4v) is 6.76. The highest BCUT2D eigenvalue weighted by molar-refractivity contribution is 5.71. The van der Waals surface area contributed by atoms with Crippen molar-refractivity contribution in [3.8, 4) is 0 Å². The van der Waals surface area contributed by atoms with Crippen molar-refractivity contribution in [2.24, 2.45) is 0 Å². The lowest BCUT2D eigenvalue weighted by molar-refractivity contribution is -0.167. The second-order valence-corrected chi connectivity index (χ2v) is 17.7. The number of allylic oxidation sites excluding steroid dienone is 30. The van der Waals surface area contributed by atoms with Gasteiger partial charge in [-0.25, -0.2) is 0 Å². The second-order valence-electron chi connectivity index (χ2n) is 17.7. The van der Waals surface area contributed by atoms with E-state index in [0.717, 1.165) is 141 Å². The van der Waals surface area contributed by atoms with Crippen LogP contribution >= 0.6 is 0 Å². The van der Waals surface area contributed by atoms with Crippen LogP contribution in [0.3, 0.4) is 0 Å². The number of rotatable bonds is 48. The van der Waals surface area contributed by atoms with Gasteiger partial charge in [0, 0.05) is 19.3 Å². The minimum atomic E-state index is -0.843. The molecule has 0 saturated heterocycles. The van der Waals surface area contributed by atoms with Crippen molar-refractivity contribution >= 4 is 17.9 Å². The first kappa shape index (κ1) is 67.5. The Labute approximate surface area is 446 Å². The highest BCUT2D eigenvalue weighted by Gasteiger charge is 2.19. The average Bonchev–Trinajstić information content (AvgIpc) is 3.39. The van der Waals surface area contributed by atoms with E-state index in [2.05, 4.69) is 203 Å². The summed E-state index contributed by atoms with van der Waals surface area (Å²) >= 11 is 0. The summed E-state index contributed by atoms with van der Waals surface area (Å²) in [6, 6.07) is 0. The minimum absolute atomic E-state index is 0.138. The Balaban J connectivity index is 4.62. The molecule has 6 heteroatoms. The molecule has 0 aliphatic carbocycles. The fourth-order valence-electron chi connectivity index (χ4n) is 6.76. The van der Waals surface area contributed by atoms with Crippen molar-refractivity contribution in [2.75, 3.05) is 13.2 Å². The molecular weight excluding hydrogens is 901 g/mol. The van der Waals surface area contributed by atoms with Gasteiger partial charge in [-0.05, 0) is 148 Å². The number of hydrogen-bond donors (Lipinski definition) is 0. The normalized spacial score (nSPS) is 13.5. The first-order valence-electron chi connectivity index (χ1n) is 28.3. The summed E-state index contributed by atoms with van der Waals surface area (Å²) in [5.41, 5.74) is 0. The SMILES string of the molecule is CC/C=C\C/C=C\C/C=C\C/C=C\C/C=C\C/C=C\C/C=C\CCCC(=O)OCC(COC(=O)CCCC/C=C\C/C=C\C/C=C\C/C=C\CC)OC(=O)CCCCCC/C=C\C/C=C\C/C=C\C/C=C\CC. The molecule has 0 N–H and O–H groups in total. The molecule has 0 bridgehead atoms. The van der Waals surface area contributed by atoms with Crippen LogP contribution in [0.1, 0.15) is 201 Å². The number of carbonyl (C=O) groups is 3. The van der Waals surface area contributed by atoms with E-state index >= 15 is 0 Å². The van der Waals surface area contributed by atoms with Crippen LogP contribution in [0, 0.1) is 0 Å². The predicted molar refractivity (Wildman–Crippen MR) is 315 cm³/mol. The monoisotopic (exact) mass is 1000 g/mol. The molecule has 0 aromatic heterocycles. The Morgan fingerprint density at radius 1 is 0.274 bits per heavy atom. The molecule has 0 aliphatic rings. The van der Waals surface area contributed by atoms with Crippen LogP contribution in [-0.2, 0) is 28.6 Å². The van der Waals surface area contributed by atoms with E-state index in [-0.39, 0.29) is 50.4 Å². The van der Waals surface area contributed by atoms with Crippen molar-refractivity contribution < 1.29 is 28.6 Å². The summed E-state index contributed by atoms with van der Waals surface area (Å²) in [4.78, 5) is 38.1. The van der Waals surface area contributed by atoms with Gasteiger partial charge >= 0.3 is 17.9 Å². The zero-order valence-electron chi connectivity index (χ0n) is 46.1. The maximum Gasteiger partial charge on any atom is 0.306 e. The van der Waals surface area contributed by atoms with Gasteiger partial charge in [0.05, 0.1) is 0 Å². The number of esters is 3. The van der Waals surface area contributed by atoms with Gasteiger partial charge < -0.3 is 14.2 Å². The molecular formula is C67H100O6. The molecule has 0 saturated carbocycles. The molecule has 1 atom stereocenters. The fraction of sp³-hybridized carbons (Fsp3) is 0.507. The molecule has 0 fully saturated rings. The lowest BCUT2D eigenvalue weighted by atomic mass is 10.1. The number of unbranched alkanes of at least 4 members (excludes halogenated alkanes) is 7. The molecule has 0 aromatic carbocycles. The number of hydrogen-bond acceptors (Lipinski definition) is 6. The standard InChI is InChI=1S/C67H100O6/c1-4-7-10-13-16-19-22-25-28-30-31-32-33-34-35-37-39-42-45-48-51-54-57-60-66(69)72-63-64(62-71-65(68)59-56-53-50-47-44-41-38-27-24-21-18-15-12-9-6-3)73-67(70)61-58-55-52-49-46-43-40-36-29-26-23-20-17-14-11-8-5-2/h7-12,16-21,25-29,31-32,34-35,38-40,42-44,47-48,51,64H,4-6,13-15,22-24,30,33,36-37,41,45-46,49-50,52-63H2,1-3H3/b10-7-,11-8-,12-9-,19-16-,20-17-,21-18-,28-25-,29-26-,32-31-,35-34-,38-27-,42-39-,43-40-,47-44-,51-48-. The largest absolute Gasteiger partial charge is 0.462 e. The summed E-state index contributed by atoms with van der Waals surface area (Å²) in [5, 5.41) is 0. The average molecular weight is 1000 g/mol. The topological polar surface area (TPSA) is 78.9 Å². The van der Waals surface area contributed by atoms with E-state index in [1.807, 2.05) is 0 Å². The van der Waals surface area contributed by atoms with Crippen molar-refractivity contribution in [1.82, 2.24) is 0 Å². The quantitative estimate of drug-likeness (QED) is 0.0262. The molecule has 73 heavy (non-hydrogen) atoms. The molecule has 0 rings (SSSR count). The maximum absolute atomic E-state index is 12.9. The smallest absolute Gasteiger partial charge is 0.306 e. The Hall–Kier alpha value is -5.49. The van der Waals surface area contributed by atoms with Crippen molar-refractivity contribution in [3.05, 3.63) is 182 Å². The molecule has 0 aliphatic heterocycles. The Kier molecular flexibility index (Phi) is 54.6. The van der Waals surface area contributed by atoms with Gasteiger partial charge in [0.2, 0.25) is 0 Å². The molecule has 6 nitrogen and oxygen atoms in total. The molecule has 0 aromatic rings. The summed E-state index contributed by atoms with van der Waals surface area (Å²) in [5.74, 6) is -1.07. The summed E-state index contributed by atoms with van der Waals surface area (Å²) < 4.78 is 16.7. The van der Waals surface area contributed by atoms with Crippen LogP contribution in [0.5, 0.6) is 0 Å². The van der Waals surface area contributed by atoms with Gasteiger partial charge in [0.25, 0.3) is 0 Å². The highest BCUT2D eigenvalue weighted by Crippen LogP contribution is 2.11. The molecule has 404 valence electrons. The summed E-state index contributed by atoms with van der Waals surface area (Å²) in [6.45, 7) is 6.16. The number of ether oxygens (including phenoxy) is 3. The summed E-state index contributed by atoms with van der Waals surface area (Å²) in [7, 11) is 0. The maximum atomic E-state index is 12.9. The third-order valence-corrected chi connectivity index (χ3v) is 10.9. The number of carbonyl (C=O) groups excluding carboxylic acids is 3. The lowest BCUT2D eigenvalue weighted by Crippen LogP contribution is -2.30. The first-order chi connectivity index (χ1) is 36.0. The van der Waals surface area contributed by atoms with Crippen molar-refractivity contribution in [2.45, 2.75) is 207 Å². The zero-order valence-corrected chi connectivity index (χ0v) is 46.1. The van der Waals surface area contributed by atoms with Gasteiger partial charge in [0.1, 0.15) is 13.2 Å². The van der Waals surface area contributed by atoms with E-state index in [0.29, 0.717) is 19.3 Å². The Bertz CT molecular complexity index is 1770. The van der Waals surface area contributed by atoms with Crippen LogP contribution in [0.4, 0.5) is 0 Å². The Morgan fingerprint density at radius 3 is 0.836 bits per heavy atom. The van der Waals surface area contributed by atoms with E-state index in [9.17, 15) is 14.4 Å². The van der Waals surface area contributed by atoms with Crippen LogP contribution in [0.25, 0.3) is 0 Å². The van der Waals surface area contributed by atoms with Crippen LogP contribution in [0.15, 0.2) is 182 Å². The lowest BCUT2D eigenvalue weighted by Gasteiger charge is -2.18. The van der Waals surface area contributed by atoms with Crippen LogP contribution in [0.2, 0.25) is 0 Å². The Morgan fingerprint density at radius 2 is 0.507 bits per heavy atom. The van der Waals surface area contributed by atoms with Crippen molar-refractivity contribution in [1.29, 1.82) is 0 Å². The molecule has 0 amide bonds. The van der Waals surface area contributed by atoms with Gasteiger partial charge in [-0.1, -0.05) is 216 Å². The van der Waals surface area contributed by atoms with E-state index in [4.69, 9.17) is 14.2 Å². The second kappa shape index (κ2) is 59.1. The molecule has 0 spiro atoms. The van der Waals surface area contributed by atoms with Gasteiger partial charge in [-0.15, -0.1) is 0 Å². The van der Waals surface area contributed by atoms with Gasteiger partial charge in [-0.2, -0.15) is 0 Å². The van der Waals surface area contributed by atoms with Crippen LogP contribution < -0.4 is 0 Å². The molecule has 1 unspecified atom stereocenters. The highest BCUT2D eigenvalue weighted by atomic mass is 16.6. The van der Waals surface area contributed by atoms with Crippen LogP contribution in [-0.4, -0.2) is 37.2 Å². The van der Waals surface area contributed by atoms with E-state index in [1.54, 1.807) is 0 Å². The molecule has 0 heterocycles. The van der Waals surface area contributed by atoms with E-state index in [1.165, 1.54) is 0 Å². The zero-order chi connectivity index (χ0) is 52.9. The summed E-state index contributed by atoms with van der Waals surface area (Å²) in [6.07, 6.45) is 88.9. The van der Waals surface area contributed by atoms with Gasteiger partial charge in [0.15, 0.2) is 6.10 Å². The van der Waals surface area contributed by atoms with Gasteiger partial charge in [-0.3, -0.25) is 14.4 Å². The van der Waals surface area contributed by atoms with E-state index < -0.39 is 6.10 Å².